The molecule has 0 unspecified atom stereocenters. The third-order valence-electron chi connectivity index (χ3n) is 3.66. The van der Waals surface area contributed by atoms with E-state index in [9.17, 15) is 13.2 Å². The number of piperidine rings is 1. The number of hydrogen-bond acceptors (Lipinski definition) is 5. The normalized spacial score (nSPS) is 21.3. The largest absolute Gasteiger partial charge is 0.355 e. The summed E-state index contributed by atoms with van der Waals surface area (Å²) in [4.78, 5) is 15.9. The number of halogens is 1. The molecule has 0 aliphatic carbocycles. The van der Waals surface area contributed by atoms with Crippen LogP contribution in [0.3, 0.4) is 0 Å². The molecule has 0 aromatic carbocycles. The summed E-state index contributed by atoms with van der Waals surface area (Å²) in [6, 6.07) is 3.38. The Morgan fingerprint density at radius 1 is 1.43 bits per heavy atom. The Morgan fingerprint density at radius 3 is 2.87 bits per heavy atom. The van der Waals surface area contributed by atoms with E-state index in [1.165, 1.54) is 18.5 Å². The van der Waals surface area contributed by atoms with Crippen LogP contribution in [0, 0.1) is 5.92 Å². The number of nitrogens with one attached hydrogen (secondary N) is 3. The van der Waals surface area contributed by atoms with Gasteiger partial charge < -0.3 is 10.6 Å². The SMILES string of the molecule is C[C@H]1C[C@@H](C(=O)NCCNS(=O)(=O)c2cccnc2)CCN1.Cl. The molecule has 1 aromatic rings. The number of nitrogens with zero attached hydrogens (tertiary/aromatic N) is 1. The molecule has 0 spiro atoms. The molecule has 23 heavy (non-hydrogen) atoms. The average molecular weight is 363 g/mol. The van der Waals surface area contributed by atoms with E-state index < -0.39 is 10.0 Å². The lowest BCUT2D eigenvalue weighted by Crippen LogP contribution is -2.44. The second-order valence-electron chi connectivity index (χ2n) is 5.45. The van der Waals surface area contributed by atoms with E-state index >= 15 is 0 Å². The first kappa shape index (κ1) is 19.8. The Hall–Kier alpha value is -1.22. The number of amides is 1. The molecule has 2 heterocycles. The van der Waals surface area contributed by atoms with Crippen molar-refractivity contribution in [2.24, 2.45) is 5.92 Å². The van der Waals surface area contributed by atoms with Gasteiger partial charge in [0.1, 0.15) is 4.90 Å². The van der Waals surface area contributed by atoms with E-state index in [4.69, 9.17) is 0 Å². The van der Waals surface area contributed by atoms with Gasteiger partial charge in [-0.25, -0.2) is 13.1 Å². The highest BCUT2D eigenvalue weighted by Crippen LogP contribution is 2.15. The second-order valence-corrected chi connectivity index (χ2v) is 7.22. The van der Waals surface area contributed by atoms with Crippen LogP contribution in [-0.4, -0.2) is 45.0 Å². The molecule has 0 radical (unpaired) electrons. The lowest BCUT2D eigenvalue weighted by atomic mass is 9.92. The highest BCUT2D eigenvalue weighted by molar-refractivity contribution is 7.89. The van der Waals surface area contributed by atoms with Crippen LogP contribution in [0.25, 0.3) is 0 Å². The van der Waals surface area contributed by atoms with Gasteiger partial charge >= 0.3 is 0 Å². The molecule has 1 aromatic heterocycles. The van der Waals surface area contributed by atoms with E-state index in [1.807, 2.05) is 0 Å². The van der Waals surface area contributed by atoms with E-state index in [0.29, 0.717) is 6.04 Å². The van der Waals surface area contributed by atoms with Crippen molar-refractivity contribution in [1.29, 1.82) is 0 Å². The van der Waals surface area contributed by atoms with Gasteiger partial charge in [-0.1, -0.05) is 0 Å². The fourth-order valence-electron chi connectivity index (χ4n) is 2.47. The zero-order valence-corrected chi connectivity index (χ0v) is 14.6. The van der Waals surface area contributed by atoms with Crippen LogP contribution in [0.15, 0.2) is 29.4 Å². The van der Waals surface area contributed by atoms with Crippen LogP contribution >= 0.6 is 12.4 Å². The maximum Gasteiger partial charge on any atom is 0.242 e. The summed E-state index contributed by atoms with van der Waals surface area (Å²) in [6.07, 6.45) is 4.43. The molecule has 0 saturated carbocycles. The maximum atomic E-state index is 12.0. The predicted octanol–water partition coefficient (Wildman–Crippen LogP) is 0.286. The van der Waals surface area contributed by atoms with Crippen molar-refractivity contribution < 1.29 is 13.2 Å². The number of sulfonamides is 1. The Morgan fingerprint density at radius 2 is 2.22 bits per heavy atom. The van der Waals surface area contributed by atoms with Crippen molar-refractivity contribution in [3.8, 4) is 0 Å². The van der Waals surface area contributed by atoms with Crippen molar-refractivity contribution in [3.05, 3.63) is 24.5 Å². The molecule has 1 amide bonds. The monoisotopic (exact) mass is 362 g/mol. The van der Waals surface area contributed by atoms with E-state index in [-0.39, 0.29) is 42.2 Å². The first-order chi connectivity index (χ1) is 10.5. The molecule has 3 N–H and O–H groups in total. The molecule has 1 fully saturated rings. The minimum atomic E-state index is -3.57. The fourth-order valence-corrected chi connectivity index (χ4v) is 3.47. The topological polar surface area (TPSA) is 100 Å². The maximum absolute atomic E-state index is 12.0. The van der Waals surface area contributed by atoms with Crippen molar-refractivity contribution in [1.82, 2.24) is 20.3 Å². The van der Waals surface area contributed by atoms with E-state index in [1.54, 1.807) is 6.07 Å². The molecular formula is C14H23ClN4O3S. The average Bonchev–Trinajstić information content (AvgIpc) is 2.52. The molecule has 130 valence electrons. The van der Waals surface area contributed by atoms with Gasteiger partial charge in [-0.2, -0.15) is 0 Å². The predicted molar refractivity (Wildman–Crippen MR) is 89.9 cm³/mol. The number of hydrogen-bond donors (Lipinski definition) is 3. The molecule has 0 bridgehead atoms. The van der Waals surface area contributed by atoms with Crippen molar-refractivity contribution in [2.45, 2.75) is 30.7 Å². The minimum Gasteiger partial charge on any atom is -0.355 e. The van der Waals surface area contributed by atoms with E-state index in [0.717, 1.165) is 19.4 Å². The number of carbonyl (C=O) groups excluding carboxylic acids is 1. The Kier molecular flexibility index (Phi) is 7.90. The smallest absolute Gasteiger partial charge is 0.242 e. The first-order valence-electron chi connectivity index (χ1n) is 7.40. The highest BCUT2D eigenvalue weighted by atomic mass is 35.5. The van der Waals surface area contributed by atoms with Crippen LogP contribution in [0.1, 0.15) is 19.8 Å². The van der Waals surface area contributed by atoms with Gasteiger partial charge in [-0.05, 0) is 38.4 Å². The summed E-state index contributed by atoms with van der Waals surface area (Å²) >= 11 is 0. The van der Waals surface area contributed by atoms with Crippen LogP contribution in [-0.2, 0) is 14.8 Å². The van der Waals surface area contributed by atoms with Gasteiger partial charge in [0.2, 0.25) is 15.9 Å². The van der Waals surface area contributed by atoms with Gasteiger partial charge in [0.05, 0.1) is 0 Å². The number of rotatable bonds is 6. The molecule has 2 atom stereocenters. The molecular weight excluding hydrogens is 340 g/mol. The third-order valence-corrected chi connectivity index (χ3v) is 5.10. The van der Waals surface area contributed by atoms with Gasteiger partial charge in [0.15, 0.2) is 0 Å². The molecule has 7 nitrogen and oxygen atoms in total. The fraction of sp³-hybridized carbons (Fsp3) is 0.571. The van der Waals surface area contributed by atoms with Crippen molar-refractivity contribution >= 4 is 28.3 Å². The number of carbonyl (C=O) groups is 1. The number of aromatic nitrogens is 1. The first-order valence-corrected chi connectivity index (χ1v) is 8.88. The summed E-state index contributed by atoms with van der Waals surface area (Å²) in [7, 11) is -3.57. The Bertz CT molecular complexity index is 597. The molecule has 1 aliphatic heterocycles. The lowest BCUT2D eigenvalue weighted by Gasteiger charge is -2.27. The number of pyridine rings is 1. The van der Waals surface area contributed by atoms with Crippen LogP contribution in [0.5, 0.6) is 0 Å². The van der Waals surface area contributed by atoms with Gasteiger partial charge in [0.25, 0.3) is 0 Å². The van der Waals surface area contributed by atoms with Crippen LogP contribution in [0.2, 0.25) is 0 Å². The quantitative estimate of drug-likeness (QED) is 0.631. The van der Waals surface area contributed by atoms with Crippen LogP contribution in [0.4, 0.5) is 0 Å². The van der Waals surface area contributed by atoms with Crippen LogP contribution < -0.4 is 15.4 Å². The summed E-state index contributed by atoms with van der Waals surface area (Å²) in [6.45, 7) is 3.33. The van der Waals surface area contributed by atoms with Gasteiger partial charge in [0, 0.05) is 37.4 Å². The molecule has 1 aliphatic rings. The Labute approximate surface area is 143 Å². The Balaban J connectivity index is 0.00000264. The zero-order chi connectivity index (χ0) is 16.0. The van der Waals surface area contributed by atoms with Gasteiger partial charge in [-0.3, -0.25) is 9.78 Å². The summed E-state index contributed by atoms with van der Waals surface area (Å²) in [5.41, 5.74) is 0. The highest BCUT2D eigenvalue weighted by Gasteiger charge is 2.24. The summed E-state index contributed by atoms with van der Waals surface area (Å²) in [5, 5.41) is 6.08. The third kappa shape index (κ3) is 6.06. The molecule has 1 saturated heterocycles. The summed E-state index contributed by atoms with van der Waals surface area (Å²) in [5.74, 6) is 0.0000984. The lowest BCUT2D eigenvalue weighted by molar-refractivity contribution is -0.126. The minimum absolute atomic E-state index is 0. The summed E-state index contributed by atoms with van der Waals surface area (Å²) < 4.78 is 26.3. The zero-order valence-electron chi connectivity index (χ0n) is 13.0. The molecule has 9 heteroatoms. The second kappa shape index (κ2) is 9.17. The van der Waals surface area contributed by atoms with Crippen molar-refractivity contribution in [2.75, 3.05) is 19.6 Å². The molecule has 2 rings (SSSR count). The van der Waals surface area contributed by atoms with Crippen molar-refractivity contribution in [3.63, 3.8) is 0 Å². The van der Waals surface area contributed by atoms with E-state index in [2.05, 4.69) is 27.3 Å². The van der Waals surface area contributed by atoms with Gasteiger partial charge in [-0.15, -0.1) is 12.4 Å². The standard InChI is InChI=1S/C14H22N4O3S.ClH/c1-11-9-12(4-6-16-11)14(19)17-7-8-18-22(20,21)13-3-2-5-15-10-13;/h2-3,5,10-12,16,18H,4,6-9H2,1H3,(H,17,19);1H/t11-,12-;/m0./s1.